The van der Waals surface area contributed by atoms with E-state index in [1.807, 2.05) is 0 Å². The van der Waals surface area contributed by atoms with Crippen molar-refractivity contribution >= 4 is 10.0 Å². The van der Waals surface area contributed by atoms with E-state index in [9.17, 15) is 34.8 Å². The first-order valence-corrected chi connectivity index (χ1v) is 17.8. The summed E-state index contributed by atoms with van der Waals surface area (Å²) in [6, 6.07) is 0.860. The van der Waals surface area contributed by atoms with Gasteiger partial charge < -0.3 is 4.74 Å². The largest absolute Gasteiger partial charge is 0.416 e. The number of fused-ring (bicyclic) bond motifs is 4. The van der Waals surface area contributed by atoms with E-state index in [0.29, 0.717) is 42.3 Å². The highest BCUT2D eigenvalue weighted by atomic mass is 32.2. The molecule has 5 unspecified atom stereocenters. The molecule has 4 bridgehead atoms. The van der Waals surface area contributed by atoms with Crippen LogP contribution in [-0.2, 0) is 27.1 Å². The summed E-state index contributed by atoms with van der Waals surface area (Å²) in [4.78, 5) is 2.51. The molecule has 3 aliphatic carbocycles. The Morgan fingerprint density at radius 3 is 2.27 bits per heavy atom. The number of ether oxygens (including phenoxy) is 1. The third-order valence-electron chi connectivity index (χ3n) is 10.6. The van der Waals surface area contributed by atoms with Gasteiger partial charge in [0.2, 0.25) is 10.0 Å². The maximum atomic E-state index is 14.2. The Bertz CT molecular complexity index is 1300. The molecule has 0 aromatic heterocycles. The number of hydrogen-bond acceptors (Lipinski definition) is 6. The number of hydrogen-bond donors (Lipinski definition) is 3. The molecule has 1 aromatic carbocycles. The third kappa shape index (κ3) is 7.35. The zero-order valence-corrected chi connectivity index (χ0v) is 26.5. The molecule has 2 heterocycles. The Labute approximate surface area is 261 Å². The van der Waals surface area contributed by atoms with Gasteiger partial charge in [0.05, 0.1) is 23.0 Å². The number of nitrogens with one attached hydrogen (secondary N) is 3. The number of benzene rings is 1. The van der Waals surface area contributed by atoms with Gasteiger partial charge in [-0.2, -0.15) is 31.1 Å². The van der Waals surface area contributed by atoms with Gasteiger partial charge in [-0.15, -0.1) is 0 Å². The highest BCUT2D eigenvalue weighted by molar-refractivity contribution is 7.90. The molecule has 2 aliphatic heterocycles. The summed E-state index contributed by atoms with van der Waals surface area (Å²) in [5.74, 6) is 0.481. The van der Waals surface area contributed by atoms with Crippen molar-refractivity contribution < 1.29 is 39.5 Å². The molecule has 1 aromatic rings. The molecule has 45 heavy (non-hydrogen) atoms. The fourth-order valence-corrected chi connectivity index (χ4v) is 9.94. The lowest BCUT2D eigenvalue weighted by atomic mass is 9.74. The Kier molecular flexibility index (Phi) is 9.08. The zero-order valence-electron chi connectivity index (χ0n) is 25.7. The molecule has 3 saturated carbocycles. The van der Waals surface area contributed by atoms with Crippen molar-refractivity contribution in [2.75, 3.05) is 13.2 Å². The predicted molar refractivity (Wildman–Crippen MR) is 156 cm³/mol. The molecule has 6 atom stereocenters. The monoisotopic (exact) mass is 666 g/mol. The lowest BCUT2D eigenvalue weighted by Gasteiger charge is -2.49. The minimum absolute atomic E-state index is 0.0152. The van der Waals surface area contributed by atoms with Crippen molar-refractivity contribution in [1.29, 1.82) is 0 Å². The van der Waals surface area contributed by atoms with E-state index >= 15 is 0 Å². The van der Waals surface area contributed by atoms with Crippen molar-refractivity contribution in [2.45, 2.75) is 126 Å². The summed E-state index contributed by atoms with van der Waals surface area (Å²) in [5, 5.41) is 5.02. The van der Waals surface area contributed by atoms with Crippen LogP contribution in [0.5, 0.6) is 0 Å². The highest BCUT2D eigenvalue weighted by Crippen LogP contribution is 2.62. The van der Waals surface area contributed by atoms with Crippen LogP contribution in [0.3, 0.4) is 0 Å². The minimum Gasteiger partial charge on any atom is -0.362 e. The number of rotatable bonds is 4. The summed E-state index contributed by atoms with van der Waals surface area (Å²) in [6.07, 6.45) is -4.70. The molecule has 5 aliphatic rings. The Balaban J connectivity index is 1.36. The van der Waals surface area contributed by atoms with Gasteiger partial charge in [0, 0.05) is 31.1 Å². The van der Waals surface area contributed by atoms with Gasteiger partial charge >= 0.3 is 12.4 Å². The van der Waals surface area contributed by atoms with Crippen LogP contribution in [0.4, 0.5) is 26.3 Å². The predicted octanol–water partition coefficient (Wildman–Crippen LogP) is 6.13. The van der Waals surface area contributed by atoms with Gasteiger partial charge in [-0.3, -0.25) is 15.5 Å². The second kappa shape index (κ2) is 12.2. The van der Waals surface area contributed by atoms with E-state index in [4.69, 9.17) is 4.74 Å². The van der Waals surface area contributed by atoms with Crippen LogP contribution >= 0.6 is 0 Å². The maximum Gasteiger partial charge on any atom is 0.416 e. The molecule has 254 valence electrons. The first-order chi connectivity index (χ1) is 21.0. The Hall–Kier alpha value is -1.45. The third-order valence-corrected chi connectivity index (χ3v) is 12.5. The maximum absolute atomic E-state index is 14.2. The average molecular weight is 667 g/mol. The van der Waals surface area contributed by atoms with Gasteiger partial charge in [0.15, 0.2) is 0 Å². The van der Waals surface area contributed by atoms with Crippen molar-refractivity contribution in [2.24, 2.45) is 17.3 Å². The Morgan fingerprint density at radius 1 is 1.00 bits per heavy atom. The first-order valence-electron chi connectivity index (χ1n) is 16.2. The van der Waals surface area contributed by atoms with E-state index in [0.717, 1.165) is 44.7 Å². The van der Waals surface area contributed by atoms with Crippen LogP contribution in [0.2, 0.25) is 0 Å². The molecular weight excluding hydrogens is 622 g/mol. The number of nitrogens with zero attached hydrogens (tertiary/aromatic N) is 1. The normalized spacial score (nSPS) is 34.4. The molecule has 2 saturated heterocycles. The van der Waals surface area contributed by atoms with Crippen LogP contribution in [0.1, 0.15) is 101 Å². The van der Waals surface area contributed by atoms with Crippen molar-refractivity contribution in [3.8, 4) is 0 Å². The molecule has 3 N–H and O–H groups in total. The fraction of sp³-hybridized carbons (Fsp3) is 0.806. The van der Waals surface area contributed by atoms with Gasteiger partial charge in [-0.1, -0.05) is 26.3 Å². The van der Waals surface area contributed by atoms with Crippen LogP contribution in [0.15, 0.2) is 18.2 Å². The smallest absolute Gasteiger partial charge is 0.362 e. The number of halogens is 6. The second-order valence-electron chi connectivity index (χ2n) is 14.5. The van der Waals surface area contributed by atoms with Gasteiger partial charge in [-0.05, 0) is 86.3 Å². The molecule has 0 radical (unpaired) electrons. The molecule has 7 nitrogen and oxygen atoms in total. The molecule has 14 heteroatoms. The van der Waals surface area contributed by atoms with Crippen LogP contribution in [0.25, 0.3) is 0 Å². The molecule has 1 spiro atoms. The summed E-state index contributed by atoms with van der Waals surface area (Å²) in [5.41, 5.74) is -3.33. The second-order valence-corrected chi connectivity index (χ2v) is 16.5. The summed E-state index contributed by atoms with van der Waals surface area (Å²) < 4.78 is 121. The lowest BCUT2D eigenvalue weighted by molar-refractivity contribution is -0.145. The SMILES string of the molecule is CC(C)C[C@@H]1COC2CC(c3c(C(F)(F)F)cccc3C(F)(F)F)NC(N2)NS(=O)(=O)C2CCCC(C2)CN1C1CC2(CC2)C1. The van der Waals surface area contributed by atoms with E-state index in [2.05, 4.69) is 34.1 Å². The van der Waals surface area contributed by atoms with Crippen molar-refractivity contribution in [1.82, 2.24) is 20.3 Å². The van der Waals surface area contributed by atoms with E-state index in [1.54, 1.807) is 0 Å². The summed E-state index contributed by atoms with van der Waals surface area (Å²) >= 11 is 0. The first kappa shape index (κ1) is 33.5. The minimum atomic E-state index is -5.06. The zero-order chi connectivity index (χ0) is 32.4. The highest BCUT2D eigenvalue weighted by Gasteiger charge is 2.55. The average Bonchev–Trinajstić information content (AvgIpc) is 3.73. The van der Waals surface area contributed by atoms with Crippen LogP contribution in [0, 0.1) is 17.3 Å². The van der Waals surface area contributed by atoms with Gasteiger partial charge in [-0.25, -0.2) is 8.42 Å². The molecule has 0 amide bonds. The quantitative estimate of drug-likeness (QED) is 0.336. The fourth-order valence-electron chi connectivity index (χ4n) is 8.28. The molecule has 5 fully saturated rings. The molecular formula is C31H44F6N4O3S. The van der Waals surface area contributed by atoms with E-state index in [-0.39, 0.29) is 25.0 Å². The lowest BCUT2D eigenvalue weighted by Crippen LogP contribution is -2.64. The number of alkyl halides is 6. The number of sulfonamides is 1. The topological polar surface area (TPSA) is 82.7 Å². The van der Waals surface area contributed by atoms with Crippen LogP contribution in [-0.4, -0.2) is 56.3 Å². The van der Waals surface area contributed by atoms with Gasteiger partial charge in [0.25, 0.3) is 0 Å². The Morgan fingerprint density at radius 2 is 1.67 bits per heavy atom. The van der Waals surface area contributed by atoms with Crippen LogP contribution < -0.4 is 15.4 Å². The summed E-state index contributed by atoms with van der Waals surface area (Å²) in [7, 11) is -3.99. The molecule has 6 rings (SSSR count). The van der Waals surface area contributed by atoms with Gasteiger partial charge in [0.1, 0.15) is 12.5 Å². The standard InChI is InChI=1S/C31H44F6N4O3S/c1-18(2)11-20-17-44-26-13-25(27-23(30(32,33)34)7-4-8-24(27)31(35,36)37)38-28(39-26)40-45(42,43)22-6-3-5-19(12-22)16-41(20)21-14-29(15-21)9-10-29/h4,7-8,18-22,25-26,28,38-40H,3,5-6,9-17H2,1-2H3/t19?,20-,22?,25?,26?,28?/m1/s1. The van der Waals surface area contributed by atoms with E-state index < -0.39 is 62.9 Å². The van der Waals surface area contributed by atoms with Crippen molar-refractivity contribution in [3.05, 3.63) is 34.9 Å². The van der Waals surface area contributed by atoms with Crippen molar-refractivity contribution in [3.63, 3.8) is 0 Å². The summed E-state index contributed by atoms with van der Waals surface area (Å²) in [6.45, 7) is 5.23. The van der Waals surface area contributed by atoms with E-state index in [1.165, 1.54) is 12.8 Å².